The molecule has 3 aromatic rings. The number of hydrogen-bond acceptors (Lipinski definition) is 4. The fraction of sp³-hybridized carbons (Fsp3) is 0.231. The fourth-order valence-corrected chi connectivity index (χ4v) is 3.38. The molecule has 0 bridgehead atoms. The molecule has 35 heavy (non-hydrogen) atoms. The van der Waals surface area contributed by atoms with Gasteiger partial charge in [0.15, 0.2) is 0 Å². The second-order valence-corrected chi connectivity index (χ2v) is 7.83. The first-order valence-electron chi connectivity index (χ1n) is 10.8. The van der Waals surface area contributed by atoms with Crippen molar-refractivity contribution in [2.24, 2.45) is 5.16 Å². The van der Waals surface area contributed by atoms with Gasteiger partial charge in [0.25, 0.3) is 0 Å². The van der Waals surface area contributed by atoms with Gasteiger partial charge in [0.05, 0.1) is 17.7 Å². The molecule has 0 heterocycles. The van der Waals surface area contributed by atoms with E-state index in [-0.39, 0.29) is 29.7 Å². The molecule has 0 unspecified atom stereocenters. The summed E-state index contributed by atoms with van der Waals surface area (Å²) < 4.78 is 55.1. The van der Waals surface area contributed by atoms with E-state index in [9.17, 15) is 22.4 Å². The lowest BCUT2D eigenvalue weighted by atomic mass is 9.97. The van der Waals surface area contributed by atoms with Crippen molar-refractivity contribution in [3.8, 4) is 11.1 Å². The van der Waals surface area contributed by atoms with Crippen molar-refractivity contribution < 1.29 is 32.3 Å². The summed E-state index contributed by atoms with van der Waals surface area (Å²) >= 11 is 0. The molecule has 184 valence electrons. The normalized spacial score (nSPS) is 12.0. The van der Waals surface area contributed by atoms with Crippen LogP contribution in [0.3, 0.4) is 0 Å². The average Bonchev–Trinajstić information content (AvgIpc) is 2.82. The van der Waals surface area contributed by atoms with Crippen molar-refractivity contribution >= 4 is 11.7 Å². The largest absolute Gasteiger partial charge is 0.481 e. The number of carboxylic acid groups (broad SMARTS) is 1. The van der Waals surface area contributed by atoms with E-state index in [0.717, 1.165) is 23.3 Å². The maximum atomic E-state index is 14.1. The van der Waals surface area contributed by atoms with E-state index in [2.05, 4.69) is 10.5 Å². The van der Waals surface area contributed by atoms with Gasteiger partial charge in [0.2, 0.25) is 0 Å². The van der Waals surface area contributed by atoms with E-state index < -0.39 is 23.5 Å². The highest BCUT2D eigenvalue weighted by Gasteiger charge is 2.34. The highest BCUT2D eigenvalue weighted by atomic mass is 19.4. The fourth-order valence-electron chi connectivity index (χ4n) is 3.38. The first kappa shape index (κ1) is 25.9. The van der Waals surface area contributed by atoms with Gasteiger partial charge < -0.3 is 15.3 Å². The Labute approximate surface area is 200 Å². The molecule has 0 aliphatic rings. The monoisotopic (exact) mass is 488 g/mol. The van der Waals surface area contributed by atoms with Crippen LogP contribution in [0, 0.1) is 5.82 Å². The number of hydrogen-bond donors (Lipinski definition) is 2. The lowest BCUT2D eigenvalue weighted by molar-refractivity contribution is -0.138. The van der Waals surface area contributed by atoms with E-state index in [1.54, 1.807) is 6.92 Å². The zero-order valence-corrected chi connectivity index (χ0v) is 18.9. The first-order chi connectivity index (χ1) is 16.6. The van der Waals surface area contributed by atoms with Gasteiger partial charge >= 0.3 is 12.1 Å². The molecule has 0 spiro atoms. The Morgan fingerprint density at radius 3 is 2.34 bits per heavy atom. The quantitative estimate of drug-likeness (QED) is 0.159. The maximum Gasteiger partial charge on any atom is 0.417 e. The smallest absolute Gasteiger partial charge is 0.417 e. The topological polar surface area (TPSA) is 70.9 Å². The number of rotatable bonds is 10. The third-order valence-electron chi connectivity index (χ3n) is 5.20. The second-order valence-electron chi connectivity index (χ2n) is 7.83. The molecule has 2 N–H and O–H groups in total. The number of halogens is 4. The van der Waals surface area contributed by atoms with Crippen molar-refractivity contribution in [1.82, 2.24) is 5.32 Å². The number of nitrogens with one attached hydrogen (secondary N) is 1. The summed E-state index contributed by atoms with van der Waals surface area (Å²) in [4.78, 5) is 15.8. The number of aliphatic carboxylic acids is 1. The van der Waals surface area contributed by atoms with Gasteiger partial charge in [-0.15, -0.1) is 0 Å². The summed E-state index contributed by atoms with van der Waals surface area (Å²) in [6.07, 6.45) is -4.63. The van der Waals surface area contributed by atoms with Crippen LogP contribution in [0.2, 0.25) is 0 Å². The summed E-state index contributed by atoms with van der Waals surface area (Å²) in [5, 5.41) is 15.7. The predicted octanol–water partition coefficient (Wildman–Crippen LogP) is 6.02. The first-order valence-corrected chi connectivity index (χ1v) is 10.8. The van der Waals surface area contributed by atoms with E-state index in [1.165, 1.54) is 30.3 Å². The van der Waals surface area contributed by atoms with Crippen LogP contribution in [-0.4, -0.2) is 23.3 Å². The molecular formula is C26H24F4N2O3. The molecule has 0 radical (unpaired) electrons. The summed E-state index contributed by atoms with van der Waals surface area (Å²) in [5.41, 5.74) is 1.20. The molecule has 0 aliphatic carbocycles. The Morgan fingerprint density at radius 1 is 1.00 bits per heavy atom. The highest BCUT2D eigenvalue weighted by molar-refractivity contribution is 5.98. The number of carboxylic acids is 1. The molecule has 0 saturated heterocycles. The van der Waals surface area contributed by atoms with Crippen LogP contribution in [0.15, 0.2) is 71.9 Å². The standard InChI is InChI=1S/C26H24F4N2O3/c1-17(20-9-6-18(7-10-20)15-31-13-12-25(33)34)32-35-16-19-8-11-21(23(14-19)26(28,29)30)22-4-2-3-5-24(22)27/h2-11,14,31H,12-13,15-16H2,1H3,(H,33,34)/b32-17+. The molecule has 3 aromatic carbocycles. The van der Waals surface area contributed by atoms with Gasteiger partial charge in [-0.05, 0) is 41.3 Å². The van der Waals surface area contributed by atoms with Crippen LogP contribution in [-0.2, 0) is 29.0 Å². The number of carbonyl (C=O) groups is 1. The Bertz CT molecular complexity index is 1190. The lowest BCUT2D eigenvalue weighted by Crippen LogP contribution is -2.17. The highest BCUT2D eigenvalue weighted by Crippen LogP contribution is 2.38. The van der Waals surface area contributed by atoms with E-state index in [4.69, 9.17) is 9.94 Å². The van der Waals surface area contributed by atoms with Crippen molar-refractivity contribution in [3.05, 3.63) is 94.8 Å². The summed E-state index contributed by atoms with van der Waals surface area (Å²) in [6.45, 7) is 2.40. The molecule has 9 heteroatoms. The molecule has 0 aromatic heterocycles. The van der Waals surface area contributed by atoms with E-state index >= 15 is 0 Å². The molecule has 3 rings (SSSR count). The molecule has 0 amide bonds. The Morgan fingerprint density at radius 2 is 1.69 bits per heavy atom. The van der Waals surface area contributed by atoms with Crippen LogP contribution >= 0.6 is 0 Å². The third kappa shape index (κ3) is 7.38. The minimum Gasteiger partial charge on any atom is -0.481 e. The minimum atomic E-state index is -4.67. The number of alkyl halides is 3. The van der Waals surface area contributed by atoms with Crippen LogP contribution < -0.4 is 5.32 Å². The number of benzene rings is 3. The summed E-state index contributed by atoms with van der Waals surface area (Å²) in [5.74, 6) is -1.60. The van der Waals surface area contributed by atoms with Crippen molar-refractivity contribution in [2.45, 2.75) is 32.7 Å². The van der Waals surface area contributed by atoms with Gasteiger partial charge in [0, 0.05) is 18.7 Å². The summed E-state index contributed by atoms with van der Waals surface area (Å²) in [7, 11) is 0. The predicted molar refractivity (Wildman–Crippen MR) is 124 cm³/mol. The Balaban J connectivity index is 1.65. The number of nitrogens with zero attached hydrogens (tertiary/aromatic N) is 1. The summed E-state index contributed by atoms with van der Waals surface area (Å²) in [6, 6.07) is 16.3. The number of oxime groups is 1. The molecule has 0 fully saturated rings. The molecule has 0 aliphatic heterocycles. The van der Waals surface area contributed by atoms with Crippen LogP contribution in [0.1, 0.15) is 35.6 Å². The van der Waals surface area contributed by atoms with Crippen molar-refractivity contribution in [2.75, 3.05) is 6.54 Å². The van der Waals surface area contributed by atoms with Crippen molar-refractivity contribution in [1.29, 1.82) is 0 Å². The van der Waals surface area contributed by atoms with Gasteiger partial charge in [-0.2, -0.15) is 13.2 Å². The minimum absolute atomic E-state index is 0.0392. The molecule has 0 atom stereocenters. The second kappa shape index (κ2) is 11.6. The maximum absolute atomic E-state index is 14.1. The Kier molecular flexibility index (Phi) is 8.59. The van der Waals surface area contributed by atoms with Gasteiger partial charge in [-0.3, -0.25) is 4.79 Å². The van der Waals surface area contributed by atoms with Crippen molar-refractivity contribution in [3.63, 3.8) is 0 Å². The van der Waals surface area contributed by atoms with Gasteiger partial charge in [-0.1, -0.05) is 59.8 Å². The average molecular weight is 488 g/mol. The lowest BCUT2D eigenvalue weighted by Gasteiger charge is -2.15. The molecule has 0 saturated carbocycles. The van der Waals surface area contributed by atoms with Gasteiger partial charge in [-0.25, -0.2) is 4.39 Å². The zero-order valence-electron chi connectivity index (χ0n) is 18.9. The third-order valence-corrected chi connectivity index (χ3v) is 5.20. The van der Waals surface area contributed by atoms with E-state index in [1.807, 2.05) is 24.3 Å². The molecule has 5 nitrogen and oxygen atoms in total. The molecular weight excluding hydrogens is 464 g/mol. The zero-order chi connectivity index (χ0) is 25.4. The van der Waals surface area contributed by atoms with E-state index in [0.29, 0.717) is 18.8 Å². The van der Waals surface area contributed by atoms with Crippen LogP contribution in [0.25, 0.3) is 11.1 Å². The van der Waals surface area contributed by atoms with Crippen LogP contribution in [0.5, 0.6) is 0 Å². The van der Waals surface area contributed by atoms with Gasteiger partial charge in [0.1, 0.15) is 12.4 Å². The Hall–Kier alpha value is -3.72. The van der Waals surface area contributed by atoms with Crippen LogP contribution in [0.4, 0.5) is 17.6 Å². The SMILES string of the molecule is C/C(=N\OCc1ccc(-c2ccccc2F)c(C(F)(F)F)c1)c1ccc(CNCCC(=O)O)cc1.